The zero-order chi connectivity index (χ0) is 12.0. The van der Waals surface area contributed by atoms with Crippen LogP contribution in [0.1, 0.15) is 20.3 Å². The smallest absolute Gasteiger partial charge is 1.00 e. The quantitative estimate of drug-likeness (QED) is 0.672. The van der Waals surface area contributed by atoms with Gasteiger partial charge in [0.25, 0.3) is 0 Å². The van der Waals surface area contributed by atoms with Crippen LogP contribution in [0.3, 0.4) is 0 Å². The fraction of sp³-hybridized carbons (Fsp3) is 0.417. The molecular formula is C12H17NaO4. The molecule has 0 unspecified atom stereocenters. The summed E-state index contributed by atoms with van der Waals surface area (Å²) in [6.07, 6.45) is 0.622. The summed E-state index contributed by atoms with van der Waals surface area (Å²) in [5.41, 5.74) is 0.937. The van der Waals surface area contributed by atoms with Crippen molar-refractivity contribution in [1.82, 2.24) is 0 Å². The first-order chi connectivity index (χ1) is 7.67. The molecule has 0 aliphatic carbocycles. The van der Waals surface area contributed by atoms with E-state index in [2.05, 4.69) is 0 Å². The van der Waals surface area contributed by atoms with Gasteiger partial charge in [-0.05, 0) is 31.0 Å². The number of aliphatic carboxylic acids is 1. The van der Waals surface area contributed by atoms with Crippen LogP contribution in [0.4, 0.5) is 0 Å². The summed E-state index contributed by atoms with van der Waals surface area (Å²) in [5, 5.41) is 8.59. The van der Waals surface area contributed by atoms with E-state index in [1.54, 1.807) is 13.2 Å². The van der Waals surface area contributed by atoms with Gasteiger partial charge in [-0.1, -0.05) is 6.07 Å². The maximum Gasteiger partial charge on any atom is 1.00 e. The van der Waals surface area contributed by atoms with E-state index in [1.807, 2.05) is 19.1 Å². The summed E-state index contributed by atoms with van der Waals surface area (Å²) in [7, 11) is 1.58. The number of aryl methyl sites for hydroxylation is 1. The van der Waals surface area contributed by atoms with E-state index in [0.29, 0.717) is 24.5 Å². The fourth-order valence-corrected chi connectivity index (χ4v) is 1.40. The van der Waals surface area contributed by atoms with Crippen LogP contribution in [0.15, 0.2) is 18.2 Å². The predicted molar refractivity (Wildman–Crippen MR) is 61.2 cm³/mol. The minimum atomic E-state index is -0.797. The Hall–Kier alpha value is -0.710. The first-order valence-corrected chi connectivity index (χ1v) is 5.19. The van der Waals surface area contributed by atoms with Crippen molar-refractivity contribution in [3.63, 3.8) is 0 Å². The molecule has 0 aliphatic rings. The third-order valence-corrected chi connectivity index (χ3v) is 2.16. The predicted octanol–water partition coefficient (Wildman–Crippen LogP) is -0.772. The second-order valence-corrected chi connectivity index (χ2v) is 3.31. The van der Waals surface area contributed by atoms with E-state index in [4.69, 9.17) is 14.6 Å². The van der Waals surface area contributed by atoms with E-state index in [9.17, 15) is 4.79 Å². The molecule has 5 heteroatoms. The third-order valence-electron chi connectivity index (χ3n) is 2.16. The van der Waals surface area contributed by atoms with Crippen molar-refractivity contribution >= 4 is 5.97 Å². The molecule has 0 atom stereocenters. The van der Waals surface area contributed by atoms with Gasteiger partial charge in [-0.3, -0.25) is 4.79 Å². The standard InChI is InChI=1S/C12H16O4.Na.H/c1-3-16-11-8-9(5-7-12(13)14)4-6-10(11)15-2;;/h4,6,8H,3,5,7H2,1-2H3,(H,13,14);;/q;+1;-1. The van der Waals surface area contributed by atoms with Crippen LogP contribution in [0, 0.1) is 0 Å². The van der Waals surface area contributed by atoms with Crippen LogP contribution in [-0.2, 0) is 11.2 Å². The van der Waals surface area contributed by atoms with Crippen LogP contribution in [-0.4, -0.2) is 24.8 Å². The van der Waals surface area contributed by atoms with Gasteiger partial charge in [0.05, 0.1) is 13.7 Å². The average Bonchev–Trinajstić information content (AvgIpc) is 2.27. The summed E-state index contributed by atoms with van der Waals surface area (Å²) >= 11 is 0. The van der Waals surface area contributed by atoms with Crippen LogP contribution in [0.25, 0.3) is 0 Å². The monoisotopic (exact) mass is 248 g/mol. The molecule has 0 fully saturated rings. The first-order valence-electron chi connectivity index (χ1n) is 5.19. The van der Waals surface area contributed by atoms with Gasteiger partial charge in [0, 0.05) is 6.42 Å². The second kappa shape index (κ2) is 8.39. The summed E-state index contributed by atoms with van der Waals surface area (Å²) in [4.78, 5) is 10.5. The molecule has 0 aromatic heterocycles. The third kappa shape index (κ3) is 5.44. The molecule has 0 saturated carbocycles. The number of carboxylic acids is 1. The Balaban J connectivity index is 0. The number of hydrogen-bond acceptors (Lipinski definition) is 3. The molecule has 17 heavy (non-hydrogen) atoms. The van der Waals surface area contributed by atoms with Crippen LogP contribution in [0.5, 0.6) is 11.5 Å². The minimum absolute atomic E-state index is 0. The molecule has 0 amide bonds. The Labute approximate surface area is 125 Å². The van der Waals surface area contributed by atoms with E-state index in [-0.39, 0.29) is 37.4 Å². The normalized spacial score (nSPS) is 9.29. The molecule has 4 nitrogen and oxygen atoms in total. The van der Waals surface area contributed by atoms with Gasteiger partial charge in [0.1, 0.15) is 0 Å². The Morgan fingerprint density at radius 3 is 2.65 bits per heavy atom. The fourth-order valence-electron chi connectivity index (χ4n) is 1.40. The maximum absolute atomic E-state index is 10.5. The maximum atomic E-state index is 10.5. The molecule has 0 heterocycles. The van der Waals surface area contributed by atoms with Crippen molar-refractivity contribution in [1.29, 1.82) is 0 Å². The average molecular weight is 248 g/mol. The summed E-state index contributed by atoms with van der Waals surface area (Å²) in [5.74, 6) is 0.530. The Morgan fingerprint density at radius 1 is 1.41 bits per heavy atom. The summed E-state index contributed by atoms with van der Waals surface area (Å²) in [6, 6.07) is 5.47. The van der Waals surface area contributed by atoms with Gasteiger partial charge >= 0.3 is 35.5 Å². The number of methoxy groups -OCH3 is 1. The van der Waals surface area contributed by atoms with Crippen molar-refractivity contribution in [3.8, 4) is 11.5 Å². The van der Waals surface area contributed by atoms with Crippen molar-refractivity contribution in [2.24, 2.45) is 0 Å². The molecule has 0 saturated heterocycles. The van der Waals surface area contributed by atoms with Crippen molar-refractivity contribution < 1.29 is 50.4 Å². The van der Waals surface area contributed by atoms with Gasteiger partial charge in [-0.2, -0.15) is 0 Å². The zero-order valence-corrected chi connectivity index (χ0v) is 12.5. The number of hydrogen-bond donors (Lipinski definition) is 1. The zero-order valence-electron chi connectivity index (χ0n) is 11.5. The number of rotatable bonds is 6. The molecule has 90 valence electrons. The molecule has 1 aromatic carbocycles. The number of carbonyl (C=O) groups is 1. The Bertz CT molecular complexity index is 371. The second-order valence-electron chi connectivity index (χ2n) is 3.31. The number of benzene rings is 1. The molecule has 0 radical (unpaired) electrons. The van der Waals surface area contributed by atoms with Crippen molar-refractivity contribution in [3.05, 3.63) is 23.8 Å². The largest absolute Gasteiger partial charge is 1.00 e. The molecule has 1 rings (SSSR count). The summed E-state index contributed by atoms with van der Waals surface area (Å²) < 4.78 is 10.5. The van der Waals surface area contributed by atoms with Crippen molar-refractivity contribution in [2.75, 3.05) is 13.7 Å². The molecule has 1 aromatic rings. The SMILES string of the molecule is CCOc1cc(CCC(=O)O)ccc1OC.[H-].[Na+]. The van der Waals surface area contributed by atoms with Gasteiger partial charge < -0.3 is 16.0 Å². The summed E-state index contributed by atoms with van der Waals surface area (Å²) in [6.45, 7) is 2.45. The molecular weight excluding hydrogens is 231 g/mol. The number of carboxylic acid groups (broad SMARTS) is 1. The molecule has 0 spiro atoms. The van der Waals surface area contributed by atoms with Crippen molar-refractivity contribution in [2.45, 2.75) is 19.8 Å². The van der Waals surface area contributed by atoms with Gasteiger partial charge in [0.2, 0.25) is 0 Å². The van der Waals surface area contributed by atoms with Gasteiger partial charge in [-0.15, -0.1) is 0 Å². The van der Waals surface area contributed by atoms with E-state index in [0.717, 1.165) is 5.56 Å². The van der Waals surface area contributed by atoms with E-state index >= 15 is 0 Å². The topological polar surface area (TPSA) is 55.8 Å². The molecule has 0 aliphatic heterocycles. The van der Waals surface area contributed by atoms with E-state index < -0.39 is 5.97 Å². The molecule has 0 bridgehead atoms. The van der Waals surface area contributed by atoms with Crippen LogP contribution < -0.4 is 39.0 Å². The van der Waals surface area contributed by atoms with Crippen LogP contribution >= 0.6 is 0 Å². The Morgan fingerprint density at radius 2 is 2.12 bits per heavy atom. The minimum Gasteiger partial charge on any atom is -1.00 e. The van der Waals surface area contributed by atoms with E-state index in [1.165, 1.54) is 0 Å². The first kappa shape index (κ1) is 16.3. The van der Waals surface area contributed by atoms with Gasteiger partial charge in [-0.25, -0.2) is 0 Å². The number of ether oxygens (including phenoxy) is 2. The Kier molecular flexibility index (Phi) is 8.04. The molecule has 1 N–H and O–H groups in total. The van der Waals surface area contributed by atoms with Crippen LogP contribution in [0.2, 0.25) is 0 Å². The van der Waals surface area contributed by atoms with Gasteiger partial charge in [0.15, 0.2) is 11.5 Å².